The normalized spacial score (nSPS) is 23.1. The molecule has 0 saturated carbocycles. The van der Waals surface area contributed by atoms with Crippen LogP contribution >= 0.6 is 0 Å². The van der Waals surface area contributed by atoms with Gasteiger partial charge in [0.2, 0.25) is 11.8 Å². The fourth-order valence-corrected chi connectivity index (χ4v) is 2.76. The summed E-state index contributed by atoms with van der Waals surface area (Å²) in [6.07, 6.45) is 4.56. The molecule has 1 N–H and O–H groups in total. The van der Waals surface area contributed by atoms with Gasteiger partial charge in [-0.25, -0.2) is 0 Å². The van der Waals surface area contributed by atoms with Crippen LogP contribution in [0.2, 0.25) is 0 Å². The molecule has 0 bridgehead atoms. The molecule has 1 aliphatic heterocycles. The van der Waals surface area contributed by atoms with Crippen LogP contribution in [0.1, 0.15) is 59.8 Å². The Morgan fingerprint density at radius 3 is 2.28 bits per heavy atom. The fourth-order valence-electron chi connectivity index (χ4n) is 2.76. The third-order valence-corrected chi connectivity index (χ3v) is 4.08. The van der Waals surface area contributed by atoms with Crippen LogP contribution in [0.3, 0.4) is 0 Å². The monoisotopic (exact) mass is 254 g/mol. The van der Waals surface area contributed by atoms with E-state index >= 15 is 0 Å². The largest absolute Gasteiger partial charge is 0.343 e. The van der Waals surface area contributed by atoms with E-state index in [0.717, 1.165) is 19.3 Å². The van der Waals surface area contributed by atoms with Gasteiger partial charge in [-0.05, 0) is 26.2 Å². The van der Waals surface area contributed by atoms with Crippen molar-refractivity contribution >= 4 is 11.8 Å². The van der Waals surface area contributed by atoms with Crippen molar-refractivity contribution in [3.05, 3.63) is 0 Å². The first-order valence-electron chi connectivity index (χ1n) is 7.15. The minimum Gasteiger partial charge on any atom is -0.343 e. The molecule has 104 valence electrons. The number of rotatable bonds is 6. The quantitative estimate of drug-likeness (QED) is 0.738. The molecule has 0 radical (unpaired) electrons. The van der Waals surface area contributed by atoms with Gasteiger partial charge in [-0.15, -0.1) is 0 Å². The molecule has 0 aromatic heterocycles. The van der Waals surface area contributed by atoms with Crippen molar-refractivity contribution in [2.24, 2.45) is 0 Å². The van der Waals surface area contributed by atoms with Gasteiger partial charge < -0.3 is 10.2 Å². The van der Waals surface area contributed by atoms with E-state index in [1.54, 1.807) is 6.92 Å². The molecule has 1 fully saturated rings. The highest BCUT2D eigenvalue weighted by Gasteiger charge is 2.48. The maximum atomic E-state index is 12.3. The van der Waals surface area contributed by atoms with Gasteiger partial charge in [-0.3, -0.25) is 9.59 Å². The molecule has 1 aliphatic rings. The lowest BCUT2D eigenvalue weighted by molar-refractivity contribution is -0.157. The predicted octanol–water partition coefficient (Wildman–Crippen LogP) is 2.08. The Balaban J connectivity index is 2.93. The van der Waals surface area contributed by atoms with Gasteiger partial charge in [0.1, 0.15) is 11.6 Å². The lowest BCUT2D eigenvalue weighted by Crippen LogP contribution is -2.69. The summed E-state index contributed by atoms with van der Waals surface area (Å²) in [5.74, 6) is 0.0745. The Morgan fingerprint density at radius 1 is 1.17 bits per heavy atom. The fraction of sp³-hybridized carbons (Fsp3) is 0.857. The lowest BCUT2D eigenvalue weighted by atomic mass is 9.86. The zero-order chi connectivity index (χ0) is 13.8. The number of hydrogen-bond acceptors (Lipinski definition) is 2. The van der Waals surface area contributed by atoms with Crippen LogP contribution in [0.15, 0.2) is 0 Å². The molecule has 1 unspecified atom stereocenters. The van der Waals surface area contributed by atoms with Gasteiger partial charge in [0.05, 0.1) is 0 Å². The molecule has 18 heavy (non-hydrogen) atoms. The second kappa shape index (κ2) is 6.21. The number of hydrogen-bond donors (Lipinski definition) is 1. The Bertz CT molecular complexity index is 311. The Kier molecular flexibility index (Phi) is 5.17. The highest BCUT2D eigenvalue weighted by Crippen LogP contribution is 2.29. The zero-order valence-corrected chi connectivity index (χ0v) is 12.1. The van der Waals surface area contributed by atoms with Gasteiger partial charge in [-0.1, -0.05) is 33.6 Å². The van der Waals surface area contributed by atoms with Crippen LogP contribution in [-0.2, 0) is 9.59 Å². The van der Waals surface area contributed by atoms with E-state index in [1.807, 2.05) is 18.7 Å². The van der Waals surface area contributed by atoms with E-state index in [1.165, 1.54) is 0 Å². The second-order valence-electron chi connectivity index (χ2n) is 5.13. The smallest absolute Gasteiger partial charge is 0.246 e. The molecule has 4 nitrogen and oxygen atoms in total. The van der Waals surface area contributed by atoms with Gasteiger partial charge in [0.15, 0.2) is 0 Å². The van der Waals surface area contributed by atoms with Crippen molar-refractivity contribution in [1.29, 1.82) is 0 Å². The Morgan fingerprint density at radius 2 is 1.78 bits per heavy atom. The van der Waals surface area contributed by atoms with E-state index in [2.05, 4.69) is 12.2 Å². The summed E-state index contributed by atoms with van der Waals surface area (Å²) in [4.78, 5) is 26.4. The number of nitrogens with one attached hydrogen (secondary N) is 1. The summed E-state index contributed by atoms with van der Waals surface area (Å²) >= 11 is 0. The summed E-state index contributed by atoms with van der Waals surface area (Å²) in [5.41, 5.74) is -0.628. The summed E-state index contributed by atoms with van der Waals surface area (Å²) in [6, 6.07) is -0.384. The van der Waals surface area contributed by atoms with E-state index in [9.17, 15) is 9.59 Å². The number of unbranched alkanes of at least 4 members (excludes halogenated alkanes) is 2. The first kappa shape index (κ1) is 15.0. The molecule has 1 atom stereocenters. The molecule has 0 spiro atoms. The van der Waals surface area contributed by atoms with Crippen LogP contribution in [-0.4, -0.2) is 34.8 Å². The van der Waals surface area contributed by atoms with Crippen molar-refractivity contribution in [3.63, 3.8) is 0 Å². The van der Waals surface area contributed by atoms with Crippen molar-refractivity contribution in [1.82, 2.24) is 10.2 Å². The molecule has 0 aromatic carbocycles. The SMILES string of the molecule is CCCCCN1C(=O)C(C)NC(=O)C1(CC)CC. The lowest BCUT2D eigenvalue weighted by Gasteiger charge is -2.47. The molecule has 0 aliphatic carbocycles. The Labute approximate surface area is 110 Å². The van der Waals surface area contributed by atoms with Crippen LogP contribution in [0.4, 0.5) is 0 Å². The van der Waals surface area contributed by atoms with Gasteiger partial charge in [-0.2, -0.15) is 0 Å². The van der Waals surface area contributed by atoms with Crippen molar-refractivity contribution < 1.29 is 9.59 Å². The maximum Gasteiger partial charge on any atom is 0.246 e. The number of amides is 2. The number of carbonyl (C=O) groups is 2. The molecular weight excluding hydrogens is 228 g/mol. The zero-order valence-electron chi connectivity index (χ0n) is 12.1. The van der Waals surface area contributed by atoms with E-state index < -0.39 is 5.54 Å². The van der Waals surface area contributed by atoms with Gasteiger partial charge in [0, 0.05) is 6.54 Å². The average Bonchev–Trinajstić information content (AvgIpc) is 2.36. The first-order valence-corrected chi connectivity index (χ1v) is 7.15. The molecule has 4 heteroatoms. The molecule has 2 amide bonds. The van der Waals surface area contributed by atoms with Crippen LogP contribution in [0.25, 0.3) is 0 Å². The van der Waals surface area contributed by atoms with Crippen LogP contribution in [0.5, 0.6) is 0 Å². The van der Waals surface area contributed by atoms with Crippen molar-refractivity contribution in [2.45, 2.75) is 71.4 Å². The van der Waals surface area contributed by atoms with Crippen molar-refractivity contribution in [3.8, 4) is 0 Å². The summed E-state index contributed by atoms with van der Waals surface area (Å²) in [5, 5.41) is 2.81. The Hall–Kier alpha value is -1.06. The third kappa shape index (κ3) is 2.52. The average molecular weight is 254 g/mol. The van der Waals surface area contributed by atoms with E-state index in [4.69, 9.17) is 0 Å². The summed E-state index contributed by atoms with van der Waals surface area (Å²) < 4.78 is 0. The number of nitrogens with zero attached hydrogens (tertiary/aromatic N) is 1. The van der Waals surface area contributed by atoms with Crippen LogP contribution < -0.4 is 5.32 Å². The van der Waals surface area contributed by atoms with Gasteiger partial charge in [0.25, 0.3) is 0 Å². The second-order valence-corrected chi connectivity index (χ2v) is 5.13. The predicted molar refractivity (Wildman–Crippen MR) is 72.2 cm³/mol. The highest BCUT2D eigenvalue weighted by molar-refractivity contribution is 5.99. The standard InChI is InChI=1S/C14H26N2O2/c1-5-8-9-10-16-12(17)11(4)15-13(18)14(16,6-2)7-3/h11H,5-10H2,1-4H3,(H,15,18). The van der Waals surface area contributed by atoms with Gasteiger partial charge >= 0.3 is 0 Å². The third-order valence-electron chi connectivity index (χ3n) is 4.08. The molecule has 1 saturated heterocycles. The van der Waals surface area contributed by atoms with Crippen molar-refractivity contribution in [2.75, 3.05) is 6.54 Å². The van der Waals surface area contributed by atoms with Crippen LogP contribution in [0, 0.1) is 0 Å². The molecular formula is C14H26N2O2. The molecule has 0 aromatic rings. The summed E-state index contributed by atoms with van der Waals surface area (Å²) in [6.45, 7) is 8.58. The minimum atomic E-state index is -0.628. The van der Waals surface area contributed by atoms with E-state index in [0.29, 0.717) is 19.4 Å². The number of carbonyl (C=O) groups excluding carboxylic acids is 2. The van der Waals surface area contributed by atoms with E-state index in [-0.39, 0.29) is 17.9 Å². The highest BCUT2D eigenvalue weighted by atomic mass is 16.2. The number of piperazine rings is 1. The first-order chi connectivity index (χ1) is 8.53. The topological polar surface area (TPSA) is 49.4 Å². The minimum absolute atomic E-state index is 0.0103. The molecule has 1 heterocycles. The maximum absolute atomic E-state index is 12.3. The summed E-state index contributed by atoms with van der Waals surface area (Å²) in [7, 11) is 0. The molecule has 1 rings (SSSR count).